The molecule has 1 aromatic rings. The van der Waals surface area contributed by atoms with Gasteiger partial charge < -0.3 is 10.2 Å². The van der Waals surface area contributed by atoms with Gasteiger partial charge in [-0.1, -0.05) is 38.1 Å². The number of nitrogens with one attached hydrogen (secondary N) is 1. The third kappa shape index (κ3) is 5.65. The van der Waals surface area contributed by atoms with Crippen molar-refractivity contribution in [2.24, 2.45) is 5.92 Å². The fraction of sp³-hybridized carbons (Fsp3) is 0.625. The van der Waals surface area contributed by atoms with Gasteiger partial charge in [-0.05, 0) is 44.5 Å². The number of benzene rings is 1. The van der Waals surface area contributed by atoms with Crippen molar-refractivity contribution in [3.8, 4) is 0 Å². The van der Waals surface area contributed by atoms with E-state index in [1.54, 1.807) is 0 Å². The van der Waals surface area contributed by atoms with E-state index in [-0.39, 0.29) is 0 Å². The van der Waals surface area contributed by atoms with Crippen LogP contribution >= 0.6 is 0 Å². The molecule has 1 unspecified atom stereocenters. The first-order valence-corrected chi connectivity index (χ1v) is 6.91. The van der Waals surface area contributed by atoms with Gasteiger partial charge in [-0.15, -0.1) is 0 Å². The molecule has 1 rings (SSSR count). The van der Waals surface area contributed by atoms with Gasteiger partial charge in [0.25, 0.3) is 0 Å². The molecule has 0 bridgehead atoms. The van der Waals surface area contributed by atoms with Crippen LogP contribution < -0.4 is 5.32 Å². The summed E-state index contributed by atoms with van der Waals surface area (Å²) in [5.41, 5.74) is 2.78. The Morgan fingerprint density at radius 1 is 1.17 bits per heavy atom. The van der Waals surface area contributed by atoms with E-state index < -0.39 is 0 Å². The molecule has 2 nitrogen and oxygen atoms in total. The molecule has 0 saturated carbocycles. The zero-order valence-corrected chi connectivity index (χ0v) is 12.5. The Bertz CT molecular complexity index is 335. The quantitative estimate of drug-likeness (QED) is 0.798. The van der Waals surface area contributed by atoms with E-state index >= 15 is 0 Å². The SMILES string of the molecule is Cc1ccccc1CNC(CC(C)C)CN(C)C. The second kappa shape index (κ2) is 7.55. The maximum absolute atomic E-state index is 3.70. The van der Waals surface area contributed by atoms with Gasteiger partial charge in [-0.3, -0.25) is 0 Å². The predicted octanol–water partition coefficient (Wildman–Crippen LogP) is 3.06. The average molecular weight is 248 g/mol. The maximum atomic E-state index is 3.70. The summed E-state index contributed by atoms with van der Waals surface area (Å²) in [5.74, 6) is 0.735. The maximum Gasteiger partial charge on any atom is 0.0211 e. The third-order valence-electron chi connectivity index (χ3n) is 3.18. The van der Waals surface area contributed by atoms with Gasteiger partial charge in [0.05, 0.1) is 0 Å². The van der Waals surface area contributed by atoms with Crippen LogP contribution in [0.2, 0.25) is 0 Å². The fourth-order valence-corrected chi connectivity index (χ4v) is 2.29. The van der Waals surface area contributed by atoms with Crippen molar-refractivity contribution >= 4 is 0 Å². The molecule has 1 aromatic carbocycles. The van der Waals surface area contributed by atoms with Crippen molar-refractivity contribution in [3.63, 3.8) is 0 Å². The van der Waals surface area contributed by atoms with Crippen molar-refractivity contribution in [2.75, 3.05) is 20.6 Å². The molecule has 0 aliphatic rings. The molecule has 1 atom stereocenters. The molecule has 0 amide bonds. The highest BCUT2D eigenvalue weighted by molar-refractivity contribution is 5.25. The first kappa shape index (κ1) is 15.2. The van der Waals surface area contributed by atoms with Gasteiger partial charge in [0.1, 0.15) is 0 Å². The molecular weight excluding hydrogens is 220 g/mol. The zero-order valence-electron chi connectivity index (χ0n) is 12.5. The van der Waals surface area contributed by atoms with Crippen molar-refractivity contribution in [1.29, 1.82) is 0 Å². The minimum Gasteiger partial charge on any atom is -0.309 e. The zero-order chi connectivity index (χ0) is 13.5. The Balaban J connectivity index is 2.53. The van der Waals surface area contributed by atoms with Gasteiger partial charge in [0.15, 0.2) is 0 Å². The van der Waals surface area contributed by atoms with Gasteiger partial charge >= 0.3 is 0 Å². The molecule has 0 spiro atoms. The minimum atomic E-state index is 0.569. The first-order chi connectivity index (χ1) is 8.49. The fourth-order valence-electron chi connectivity index (χ4n) is 2.29. The van der Waals surface area contributed by atoms with Crippen LogP contribution in [0.4, 0.5) is 0 Å². The smallest absolute Gasteiger partial charge is 0.0211 e. The Morgan fingerprint density at radius 2 is 1.83 bits per heavy atom. The van der Waals surface area contributed by atoms with Crippen LogP contribution in [0.25, 0.3) is 0 Å². The largest absolute Gasteiger partial charge is 0.309 e. The third-order valence-corrected chi connectivity index (χ3v) is 3.18. The van der Waals surface area contributed by atoms with E-state index in [1.165, 1.54) is 17.5 Å². The lowest BCUT2D eigenvalue weighted by molar-refractivity contribution is 0.305. The Kier molecular flexibility index (Phi) is 6.37. The first-order valence-electron chi connectivity index (χ1n) is 6.91. The number of hydrogen-bond donors (Lipinski definition) is 1. The number of rotatable bonds is 7. The molecule has 102 valence electrons. The predicted molar refractivity (Wildman–Crippen MR) is 79.8 cm³/mol. The highest BCUT2D eigenvalue weighted by atomic mass is 15.1. The summed E-state index contributed by atoms with van der Waals surface area (Å²) in [6.07, 6.45) is 1.23. The van der Waals surface area contributed by atoms with Crippen LogP contribution in [0.3, 0.4) is 0 Å². The topological polar surface area (TPSA) is 15.3 Å². The van der Waals surface area contributed by atoms with Crippen LogP contribution in [0.15, 0.2) is 24.3 Å². The summed E-state index contributed by atoms with van der Waals surface area (Å²) in [6, 6.07) is 9.18. The monoisotopic (exact) mass is 248 g/mol. The van der Waals surface area contributed by atoms with Crippen LogP contribution in [0.1, 0.15) is 31.4 Å². The number of nitrogens with zero attached hydrogens (tertiary/aromatic N) is 1. The molecule has 0 radical (unpaired) electrons. The average Bonchev–Trinajstić information content (AvgIpc) is 2.26. The highest BCUT2D eigenvalue weighted by Gasteiger charge is 2.11. The molecule has 2 heteroatoms. The van der Waals surface area contributed by atoms with Gasteiger partial charge in [0, 0.05) is 19.1 Å². The minimum absolute atomic E-state index is 0.569. The number of likely N-dealkylation sites (N-methyl/N-ethyl adjacent to an activating group) is 1. The summed E-state index contributed by atoms with van der Waals surface area (Å²) >= 11 is 0. The normalized spacial score (nSPS) is 13.3. The summed E-state index contributed by atoms with van der Waals surface area (Å²) in [7, 11) is 4.28. The van der Waals surface area contributed by atoms with Crippen molar-refractivity contribution in [3.05, 3.63) is 35.4 Å². The van der Waals surface area contributed by atoms with E-state index in [9.17, 15) is 0 Å². The molecule has 0 aromatic heterocycles. The summed E-state index contributed by atoms with van der Waals surface area (Å²) in [4.78, 5) is 2.26. The van der Waals surface area contributed by atoms with E-state index in [0.717, 1.165) is 19.0 Å². The lowest BCUT2D eigenvalue weighted by atomic mass is 10.0. The molecule has 0 saturated heterocycles. The molecular formula is C16H28N2. The second-order valence-electron chi connectivity index (χ2n) is 5.90. The summed E-state index contributed by atoms with van der Waals surface area (Å²) < 4.78 is 0. The highest BCUT2D eigenvalue weighted by Crippen LogP contribution is 2.10. The number of hydrogen-bond acceptors (Lipinski definition) is 2. The molecule has 18 heavy (non-hydrogen) atoms. The van der Waals surface area contributed by atoms with Crippen LogP contribution in [-0.4, -0.2) is 31.6 Å². The van der Waals surface area contributed by atoms with Crippen LogP contribution in [0.5, 0.6) is 0 Å². The molecule has 0 aliphatic heterocycles. The van der Waals surface area contributed by atoms with Gasteiger partial charge in [-0.2, -0.15) is 0 Å². The molecule has 0 heterocycles. The van der Waals surface area contributed by atoms with E-state index in [0.29, 0.717) is 6.04 Å². The van der Waals surface area contributed by atoms with Gasteiger partial charge in [-0.25, -0.2) is 0 Å². The van der Waals surface area contributed by atoms with Crippen molar-refractivity contribution < 1.29 is 0 Å². The Morgan fingerprint density at radius 3 is 2.39 bits per heavy atom. The summed E-state index contributed by atoms with van der Waals surface area (Å²) in [6.45, 7) is 8.83. The van der Waals surface area contributed by atoms with E-state index in [1.807, 2.05) is 0 Å². The Labute approximate surface area is 112 Å². The van der Waals surface area contributed by atoms with Crippen molar-refractivity contribution in [1.82, 2.24) is 10.2 Å². The van der Waals surface area contributed by atoms with Crippen LogP contribution in [0, 0.1) is 12.8 Å². The van der Waals surface area contributed by atoms with E-state index in [2.05, 4.69) is 69.3 Å². The number of aryl methyl sites for hydroxylation is 1. The van der Waals surface area contributed by atoms with Gasteiger partial charge in [0.2, 0.25) is 0 Å². The van der Waals surface area contributed by atoms with Crippen LogP contribution in [-0.2, 0) is 6.54 Å². The van der Waals surface area contributed by atoms with E-state index in [4.69, 9.17) is 0 Å². The molecule has 1 N–H and O–H groups in total. The molecule has 0 fully saturated rings. The summed E-state index contributed by atoms with van der Waals surface area (Å²) in [5, 5.41) is 3.70. The van der Waals surface area contributed by atoms with Crippen molar-refractivity contribution in [2.45, 2.75) is 39.8 Å². The standard InChI is InChI=1S/C16H28N2/c1-13(2)10-16(12-18(4)5)17-11-15-9-7-6-8-14(15)3/h6-9,13,16-17H,10-12H2,1-5H3. The lowest BCUT2D eigenvalue weighted by Gasteiger charge is -2.24. The molecule has 0 aliphatic carbocycles. The Hall–Kier alpha value is -0.860. The lowest BCUT2D eigenvalue weighted by Crippen LogP contribution is -2.38. The second-order valence-corrected chi connectivity index (χ2v) is 5.90.